The zero-order valence-corrected chi connectivity index (χ0v) is 13.2. The van der Waals surface area contributed by atoms with Gasteiger partial charge in [0.15, 0.2) is 0 Å². The molecule has 1 aliphatic heterocycles. The van der Waals surface area contributed by atoms with E-state index in [1.165, 1.54) is 36.6 Å². The van der Waals surface area contributed by atoms with Crippen LogP contribution < -0.4 is 0 Å². The van der Waals surface area contributed by atoms with Crippen molar-refractivity contribution in [3.63, 3.8) is 0 Å². The van der Waals surface area contributed by atoms with Crippen molar-refractivity contribution in [2.24, 2.45) is 0 Å². The molecule has 1 aliphatic rings. The fraction of sp³-hybridized carbons (Fsp3) is 0.250. The number of rotatable bonds is 0. The van der Waals surface area contributed by atoms with Crippen LogP contribution in [0.1, 0.15) is 34.8 Å². The van der Waals surface area contributed by atoms with Crippen LogP contribution in [-0.2, 0) is 11.3 Å². The highest BCUT2D eigenvalue weighted by Crippen LogP contribution is 2.53. The van der Waals surface area contributed by atoms with Gasteiger partial charge in [-0.25, -0.2) is 4.98 Å². The first-order valence-corrected chi connectivity index (χ1v) is 7.81. The SMILES string of the molecule is [2H]C([2H])([2H])c1ccc2c3c1c1ccccc1c1ncc(n13)C(F)(F)C2(C)C. The highest BCUT2D eigenvalue weighted by atomic mass is 19.3. The minimum atomic E-state index is -3.14. The molecule has 0 saturated heterocycles. The highest BCUT2D eigenvalue weighted by Gasteiger charge is 2.54. The van der Waals surface area contributed by atoms with E-state index in [0.717, 1.165) is 0 Å². The van der Waals surface area contributed by atoms with Gasteiger partial charge in [0.25, 0.3) is 5.92 Å². The van der Waals surface area contributed by atoms with Gasteiger partial charge in [0, 0.05) is 14.9 Å². The Labute approximate surface area is 141 Å². The van der Waals surface area contributed by atoms with Gasteiger partial charge in [-0.2, -0.15) is 8.78 Å². The summed E-state index contributed by atoms with van der Waals surface area (Å²) in [4.78, 5) is 4.30. The number of hydrogen-bond acceptors (Lipinski definition) is 1. The van der Waals surface area contributed by atoms with Crippen molar-refractivity contribution in [3.8, 4) is 0 Å². The standard InChI is InChI=1S/C20H16F2N2/c1-11-8-9-14-17-16(11)12-6-4-5-7-13(12)18-23-10-15(24(17)18)20(21,22)19(14,2)3/h4-10H,1-3H3/i1D3. The van der Waals surface area contributed by atoms with E-state index in [9.17, 15) is 0 Å². The molecule has 4 aromatic rings. The van der Waals surface area contributed by atoms with Crippen molar-refractivity contribution in [1.82, 2.24) is 9.38 Å². The van der Waals surface area contributed by atoms with E-state index >= 15 is 8.78 Å². The van der Waals surface area contributed by atoms with Crippen molar-refractivity contribution in [2.45, 2.75) is 32.0 Å². The fourth-order valence-corrected chi connectivity index (χ4v) is 3.98. The van der Waals surface area contributed by atoms with Crippen LogP contribution in [0.2, 0.25) is 0 Å². The number of nitrogens with zero attached hydrogens (tertiary/aromatic N) is 2. The maximum absolute atomic E-state index is 15.4. The molecule has 4 heteroatoms. The molecule has 0 spiro atoms. The molecular weight excluding hydrogens is 306 g/mol. The Bertz CT molecular complexity index is 1270. The third kappa shape index (κ3) is 1.31. The van der Waals surface area contributed by atoms with Crippen molar-refractivity contribution < 1.29 is 12.9 Å². The van der Waals surface area contributed by atoms with Gasteiger partial charge in [-0.15, -0.1) is 0 Å². The summed E-state index contributed by atoms with van der Waals surface area (Å²) in [6.07, 6.45) is 1.22. The minimum absolute atomic E-state index is 0.167. The second kappa shape index (κ2) is 3.94. The van der Waals surface area contributed by atoms with Crippen LogP contribution in [0, 0.1) is 6.85 Å². The van der Waals surface area contributed by atoms with Crippen LogP contribution in [0.4, 0.5) is 8.78 Å². The third-order valence-electron chi connectivity index (χ3n) is 5.38. The molecule has 0 fully saturated rings. The van der Waals surface area contributed by atoms with E-state index in [-0.39, 0.29) is 11.3 Å². The maximum atomic E-state index is 15.4. The summed E-state index contributed by atoms with van der Waals surface area (Å²) in [5.41, 5.74) is -0.164. The smallest absolute Gasteiger partial charge is 0.290 e. The van der Waals surface area contributed by atoms with Gasteiger partial charge in [0.05, 0.1) is 17.1 Å². The van der Waals surface area contributed by atoms with Gasteiger partial charge in [-0.05, 0) is 37.2 Å². The molecule has 0 bridgehead atoms. The largest absolute Gasteiger partial charge is 0.298 e. The zero-order chi connectivity index (χ0) is 19.4. The Balaban J connectivity index is 2.20. The third-order valence-corrected chi connectivity index (χ3v) is 5.38. The van der Waals surface area contributed by atoms with E-state index in [1.54, 1.807) is 12.1 Å². The molecule has 0 N–H and O–H groups in total. The summed E-state index contributed by atoms with van der Waals surface area (Å²) < 4.78 is 56.1. The Morgan fingerprint density at radius 2 is 1.83 bits per heavy atom. The van der Waals surface area contributed by atoms with Gasteiger partial charge < -0.3 is 0 Å². The van der Waals surface area contributed by atoms with Crippen molar-refractivity contribution in [1.29, 1.82) is 0 Å². The summed E-state index contributed by atoms with van der Waals surface area (Å²) in [7, 11) is 0. The van der Waals surface area contributed by atoms with E-state index in [1.807, 2.05) is 12.1 Å². The second-order valence-electron chi connectivity index (χ2n) is 6.93. The molecule has 5 rings (SSSR count). The number of hydrogen-bond donors (Lipinski definition) is 0. The molecule has 2 nitrogen and oxygen atoms in total. The lowest BCUT2D eigenvalue weighted by Crippen LogP contribution is -2.42. The van der Waals surface area contributed by atoms with E-state index < -0.39 is 18.2 Å². The van der Waals surface area contributed by atoms with Gasteiger partial charge in [-0.1, -0.05) is 36.4 Å². The van der Waals surface area contributed by atoms with E-state index in [0.29, 0.717) is 32.9 Å². The van der Waals surface area contributed by atoms with Crippen molar-refractivity contribution in [3.05, 3.63) is 59.4 Å². The minimum Gasteiger partial charge on any atom is -0.290 e. The first-order valence-electron chi connectivity index (χ1n) is 9.31. The molecular formula is C20H16F2N2. The molecule has 0 atom stereocenters. The predicted octanol–water partition coefficient (Wildman–Crippen LogP) is 5.33. The van der Waals surface area contributed by atoms with Gasteiger partial charge in [0.1, 0.15) is 11.3 Å². The fourth-order valence-electron chi connectivity index (χ4n) is 3.98. The number of pyridine rings is 1. The molecule has 24 heavy (non-hydrogen) atoms. The van der Waals surface area contributed by atoms with Gasteiger partial charge in [-0.3, -0.25) is 4.40 Å². The number of halogens is 2. The van der Waals surface area contributed by atoms with Crippen LogP contribution in [0.25, 0.3) is 27.3 Å². The number of aryl methyl sites for hydroxylation is 1. The topological polar surface area (TPSA) is 17.3 Å². The monoisotopic (exact) mass is 325 g/mol. The van der Waals surface area contributed by atoms with Crippen LogP contribution in [0.3, 0.4) is 0 Å². The molecule has 0 unspecified atom stereocenters. The molecule has 0 amide bonds. The van der Waals surface area contributed by atoms with Crippen LogP contribution >= 0.6 is 0 Å². The summed E-state index contributed by atoms with van der Waals surface area (Å²) in [6, 6.07) is 10.3. The lowest BCUT2D eigenvalue weighted by atomic mass is 9.74. The number of imidazole rings is 1. The predicted molar refractivity (Wildman–Crippen MR) is 91.9 cm³/mol. The van der Waals surface area contributed by atoms with Gasteiger partial charge in [0.2, 0.25) is 0 Å². The van der Waals surface area contributed by atoms with Crippen molar-refractivity contribution >= 4 is 27.3 Å². The molecule has 2 aromatic heterocycles. The van der Waals surface area contributed by atoms with Crippen LogP contribution in [0.5, 0.6) is 0 Å². The Hall–Kier alpha value is -2.49. The lowest BCUT2D eigenvalue weighted by Gasteiger charge is -2.39. The van der Waals surface area contributed by atoms with Crippen molar-refractivity contribution in [2.75, 3.05) is 0 Å². The summed E-state index contributed by atoms with van der Waals surface area (Å²) in [5, 5.41) is 1.87. The highest BCUT2D eigenvalue weighted by molar-refractivity contribution is 6.14. The molecule has 0 radical (unpaired) electrons. The average Bonchev–Trinajstić information content (AvgIpc) is 3.05. The average molecular weight is 325 g/mol. The first kappa shape index (κ1) is 11.1. The number of benzene rings is 2. The van der Waals surface area contributed by atoms with Gasteiger partial charge >= 0.3 is 0 Å². The molecule has 0 saturated carbocycles. The Morgan fingerprint density at radius 1 is 1.08 bits per heavy atom. The summed E-state index contributed by atoms with van der Waals surface area (Å²) in [6.45, 7) is 0.627. The number of fused-ring (bicyclic) bond motifs is 3. The molecule has 3 heterocycles. The number of alkyl halides is 2. The molecule has 120 valence electrons. The maximum Gasteiger partial charge on any atom is 0.298 e. The van der Waals surface area contributed by atoms with Crippen LogP contribution in [-0.4, -0.2) is 9.38 Å². The number of aromatic nitrogens is 2. The Morgan fingerprint density at radius 3 is 2.58 bits per heavy atom. The quantitative estimate of drug-likeness (QED) is 0.399. The zero-order valence-electron chi connectivity index (χ0n) is 16.2. The normalized spacial score (nSPS) is 20.4. The second-order valence-corrected chi connectivity index (χ2v) is 6.93. The summed E-state index contributed by atoms with van der Waals surface area (Å²) in [5.74, 6) is -3.14. The van der Waals surface area contributed by atoms with E-state index in [4.69, 9.17) is 4.11 Å². The van der Waals surface area contributed by atoms with E-state index in [2.05, 4.69) is 4.98 Å². The Kier molecular flexibility index (Phi) is 1.83. The lowest BCUT2D eigenvalue weighted by molar-refractivity contribution is -0.0790. The molecule has 2 aromatic carbocycles. The summed E-state index contributed by atoms with van der Waals surface area (Å²) >= 11 is 0. The first-order chi connectivity index (χ1) is 12.6. The van der Waals surface area contributed by atoms with Crippen LogP contribution in [0.15, 0.2) is 42.6 Å². The molecule has 0 aliphatic carbocycles.